The highest BCUT2D eigenvalue weighted by Crippen LogP contribution is 2.45. The summed E-state index contributed by atoms with van der Waals surface area (Å²) in [6.45, 7) is 4.28. The van der Waals surface area contributed by atoms with Crippen molar-refractivity contribution in [3.63, 3.8) is 0 Å². The average molecular weight is 485 g/mol. The quantitative estimate of drug-likeness (QED) is 0.432. The first kappa shape index (κ1) is 23.7. The van der Waals surface area contributed by atoms with Crippen molar-refractivity contribution < 1.29 is 23.4 Å². The number of fused-ring (bicyclic) bond motifs is 3. The van der Waals surface area contributed by atoms with E-state index in [0.29, 0.717) is 46.5 Å². The molecule has 10 heteroatoms. The number of hydrogen-bond donors (Lipinski definition) is 0. The van der Waals surface area contributed by atoms with Crippen LogP contribution in [0.1, 0.15) is 38.5 Å². The van der Waals surface area contributed by atoms with Gasteiger partial charge in [0.25, 0.3) is 0 Å². The fourth-order valence-electron chi connectivity index (χ4n) is 3.76. The Hall–Kier alpha value is -3.40. The summed E-state index contributed by atoms with van der Waals surface area (Å²) in [5, 5.41) is 8.76. The molecule has 34 heavy (non-hydrogen) atoms. The van der Waals surface area contributed by atoms with Crippen LogP contribution >= 0.6 is 11.8 Å². The second kappa shape index (κ2) is 10.3. The molecule has 4 rings (SSSR count). The van der Waals surface area contributed by atoms with Crippen LogP contribution in [0, 0.1) is 5.82 Å². The molecule has 8 nitrogen and oxygen atoms in total. The number of methoxy groups -OCH3 is 1. The van der Waals surface area contributed by atoms with Gasteiger partial charge in [-0.2, -0.15) is 4.98 Å². The number of rotatable bonds is 7. The van der Waals surface area contributed by atoms with Crippen LogP contribution in [0.5, 0.6) is 17.4 Å². The van der Waals surface area contributed by atoms with E-state index in [1.165, 1.54) is 28.8 Å². The van der Waals surface area contributed by atoms with Gasteiger partial charge in [-0.3, -0.25) is 9.69 Å². The van der Waals surface area contributed by atoms with Gasteiger partial charge in [0.15, 0.2) is 17.2 Å². The van der Waals surface area contributed by atoms with Crippen molar-refractivity contribution in [1.82, 2.24) is 15.2 Å². The van der Waals surface area contributed by atoms with Crippen molar-refractivity contribution in [1.29, 1.82) is 0 Å². The highest BCUT2D eigenvalue weighted by Gasteiger charge is 2.36. The Morgan fingerprint density at radius 3 is 2.71 bits per heavy atom. The van der Waals surface area contributed by atoms with Crippen LogP contribution in [0.15, 0.2) is 41.6 Å². The van der Waals surface area contributed by atoms with Crippen LogP contribution in [-0.4, -0.2) is 41.1 Å². The molecule has 1 atom stereocenters. The summed E-state index contributed by atoms with van der Waals surface area (Å²) in [4.78, 5) is 19.4. The van der Waals surface area contributed by atoms with Crippen molar-refractivity contribution in [2.75, 3.05) is 24.9 Å². The molecular weight excluding hydrogens is 459 g/mol. The number of nitrogens with zero attached hydrogens (tertiary/aromatic N) is 4. The molecule has 1 aliphatic heterocycles. The molecule has 0 radical (unpaired) electrons. The van der Waals surface area contributed by atoms with Crippen LogP contribution in [0.4, 0.5) is 10.1 Å². The molecule has 1 unspecified atom stereocenters. The summed E-state index contributed by atoms with van der Waals surface area (Å²) < 4.78 is 31.8. The molecule has 0 spiro atoms. The van der Waals surface area contributed by atoms with Gasteiger partial charge in [0, 0.05) is 17.5 Å². The minimum absolute atomic E-state index is 0.163. The summed E-state index contributed by atoms with van der Waals surface area (Å²) in [7, 11) is 1.55. The average Bonchev–Trinajstić information content (AvgIpc) is 2.98. The number of anilines is 1. The minimum atomic E-state index is -0.902. The summed E-state index contributed by atoms with van der Waals surface area (Å²) in [5.41, 5.74) is 1.75. The predicted molar refractivity (Wildman–Crippen MR) is 127 cm³/mol. The number of thioether (sulfide) groups is 1. The number of aromatic nitrogens is 3. The lowest BCUT2D eigenvalue weighted by atomic mass is 10.1. The second-order valence-corrected chi connectivity index (χ2v) is 8.21. The standard InChI is InChI=1S/C24H25FN4O4S/c1-5-7-20(30)29-17-10-9-15(25)13-16(17)21-22(26-24(34-4)28-27-21)33-23(29)14-8-11-18(32-6-2)19(12-14)31-3/h8-13,23H,5-7H2,1-4H3. The molecule has 0 fully saturated rings. The zero-order chi connectivity index (χ0) is 24.2. The van der Waals surface area contributed by atoms with E-state index in [0.717, 1.165) is 0 Å². The largest absolute Gasteiger partial charge is 0.493 e. The maximum atomic E-state index is 14.3. The van der Waals surface area contributed by atoms with E-state index in [4.69, 9.17) is 14.2 Å². The van der Waals surface area contributed by atoms with Gasteiger partial charge in [-0.05, 0) is 56.0 Å². The molecular formula is C24H25FN4O4S. The molecule has 0 bridgehead atoms. The second-order valence-electron chi connectivity index (χ2n) is 7.44. The van der Waals surface area contributed by atoms with Crippen molar-refractivity contribution >= 4 is 23.4 Å². The maximum Gasteiger partial charge on any atom is 0.247 e. The van der Waals surface area contributed by atoms with Gasteiger partial charge in [0.05, 0.1) is 19.4 Å². The van der Waals surface area contributed by atoms with Gasteiger partial charge in [-0.15, -0.1) is 10.2 Å². The Balaban J connectivity index is 1.95. The molecule has 0 saturated carbocycles. The highest BCUT2D eigenvalue weighted by atomic mass is 32.2. The van der Waals surface area contributed by atoms with Crippen molar-refractivity contribution in [2.45, 2.75) is 38.1 Å². The van der Waals surface area contributed by atoms with E-state index in [2.05, 4.69) is 15.2 Å². The Morgan fingerprint density at radius 1 is 1.18 bits per heavy atom. The lowest BCUT2D eigenvalue weighted by Crippen LogP contribution is -2.37. The van der Waals surface area contributed by atoms with Gasteiger partial charge in [-0.1, -0.05) is 18.7 Å². The van der Waals surface area contributed by atoms with Crippen LogP contribution in [0.3, 0.4) is 0 Å². The molecule has 3 aromatic rings. The van der Waals surface area contributed by atoms with Crippen LogP contribution < -0.4 is 19.1 Å². The number of halogens is 1. The van der Waals surface area contributed by atoms with E-state index in [-0.39, 0.29) is 23.9 Å². The molecule has 2 heterocycles. The third kappa shape index (κ3) is 4.50. The van der Waals surface area contributed by atoms with E-state index in [1.54, 1.807) is 25.3 Å². The van der Waals surface area contributed by atoms with Crippen LogP contribution in [0.2, 0.25) is 0 Å². The summed E-state index contributed by atoms with van der Waals surface area (Å²) in [6, 6.07) is 9.53. The van der Waals surface area contributed by atoms with E-state index in [1.807, 2.05) is 26.2 Å². The summed E-state index contributed by atoms with van der Waals surface area (Å²) >= 11 is 1.30. The molecule has 178 valence electrons. The first-order chi connectivity index (χ1) is 16.5. The molecule has 0 saturated heterocycles. The lowest BCUT2D eigenvalue weighted by Gasteiger charge is -2.31. The van der Waals surface area contributed by atoms with E-state index in [9.17, 15) is 9.18 Å². The zero-order valence-electron chi connectivity index (χ0n) is 19.4. The first-order valence-corrected chi connectivity index (χ1v) is 12.1. The van der Waals surface area contributed by atoms with Crippen molar-refractivity contribution in [3.05, 3.63) is 47.8 Å². The highest BCUT2D eigenvalue weighted by molar-refractivity contribution is 7.98. The van der Waals surface area contributed by atoms with E-state index < -0.39 is 12.0 Å². The van der Waals surface area contributed by atoms with E-state index >= 15 is 0 Å². The van der Waals surface area contributed by atoms with Crippen LogP contribution in [0.25, 0.3) is 11.3 Å². The third-order valence-corrected chi connectivity index (χ3v) is 5.79. The van der Waals surface area contributed by atoms with Gasteiger partial charge >= 0.3 is 0 Å². The predicted octanol–water partition coefficient (Wildman–Crippen LogP) is 5.03. The van der Waals surface area contributed by atoms with Crippen molar-refractivity contribution in [2.24, 2.45) is 0 Å². The Kier molecular flexibility index (Phi) is 7.16. The summed E-state index contributed by atoms with van der Waals surface area (Å²) in [6.07, 6.45) is 1.82. The molecule has 0 aliphatic carbocycles. The monoisotopic (exact) mass is 484 g/mol. The number of ether oxygens (including phenoxy) is 3. The van der Waals surface area contributed by atoms with Crippen molar-refractivity contribution in [3.8, 4) is 28.6 Å². The Bertz CT molecular complexity index is 1210. The molecule has 0 N–H and O–H groups in total. The fourth-order valence-corrected chi connectivity index (χ4v) is 4.05. The lowest BCUT2D eigenvalue weighted by molar-refractivity contribution is -0.120. The molecule has 2 aromatic carbocycles. The van der Waals surface area contributed by atoms with Gasteiger partial charge in [0.2, 0.25) is 23.2 Å². The number of amides is 1. The topological polar surface area (TPSA) is 86.7 Å². The third-order valence-electron chi connectivity index (χ3n) is 5.25. The molecule has 1 aliphatic rings. The van der Waals surface area contributed by atoms with Gasteiger partial charge in [-0.25, -0.2) is 4.39 Å². The van der Waals surface area contributed by atoms with Gasteiger partial charge < -0.3 is 14.2 Å². The smallest absolute Gasteiger partial charge is 0.247 e. The van der Waals surface area contributed by atoms with Crippen LogP contribution in [-0.2, 0) is 4.79 Å². The first-order valence-electron chi connectivity index (χ1n) is 10.9. The Labute approximate surface area is 201 Å². The molecule has 1 aromatic heterocycles. The number of hydrogen-bond acceptors (Lipinski definition) is 8. The number of carbonyl (C=O) groups is 1. The van der Waals surface area contributed by atoms with Gasteiger partial charge in [0.1, 0.15) is 5.82 Å². The normalized spacial score (nSPS) is 14.5. The maximum absolute atomic E-state index is 14.3. The minimum Gasteiger partial charge on any atom is -0.493 e. The number of benzene rings is 2. The Morgan fingerprint density at radius 2 is 2.00 bits per heavy atom. The SMILES string of the molecule is CCCC(=O)N1c2ccc(F)cc2-c2nnc(SC)nc2OC1c1ccc(OCC)c(OC)c1. The molecule has 1 amide bonds. The fraction of sp³-hybridized carbons (Fsp3) is 0.333. The number of carbonyl (C=O) groups excluding carboxylic acids is 1. The zero-order valence-corrected chi connectivity index (χ0v) is 20.2. The summed E-state index contributed by atoms with van der Waals surface area (Å²) in [5.74, 6) is 0.588.